The van der Waals surface area contributed by atoms with Gasteiger partial charge in [-0.3, -0.25) is 9.36 Å². The maximum absolute atomic E-state index is 12.5. The molecule has 0 radical (unpaired) electrons. The number of hydrogen-bond donors (Lipinski definition) is 1. The smallest absolute Gasteiger partial charge is 0.250 e. The molecule has 0 aliphatic heterocycles. The molecular formula is C25H21Cl2N5O2S. The van der Waals surface area contributed by atoms with Gasteiger partial charge in [0.1, 0.15) is 5.75 Å². The number of methoxy groups -OCH3 is 1. The average molecular weight is 526 g/mol. The molecule has 0 unspecified atom stereocenters. The molecule has 1 aromatic heterocycles. The minimum atomic E-state index is -0.278. The predicted octanol–water partition coefficient (Wildman–Crippen LogP) is 5.88. The van der Waals surface area contributed by atoms with E-state index in [2.05, 4.69) is 20.7 Å². The first kappa shape index (κ1) is 24.8. The second-order valence-corrected chi connectivity index (χ2v) is 9.11. The first-order valence-electron chi connectivity index (χ1n) is 10.5. The number of hydrazone groups is 1. The van der Waals surface area contributed by atoms with Gasteiger partial charge in [0.25, 0.3) is 5.91 Å². The third-order valence-corrected chi connectivity index (χ3v) is 6.68. The lowest BCUT2D eigenvalue weighted by atomic mass is 10.1. The number of amides is 1. The van der Waals surface area contributed by atoms with Gasteiger partial charge in [0.05, 0.1) is 28.6 Å². The van der Waals surface area contributed by atoms with Crippen LogP contribution in [0.15, 0.2) is 83.1 Å². The zero-order valence-electron chi connectivity index (χ0n) is 18.9. The lowest BCUT2D eigenvalue weighted by Gasteiger charge is -2.11. The molecule has 1 heterocycles. The van der Waals surface area contributed by atoms with Crippen molar-refractivity contribution in [1.29, 1.82) is 0 Å². The quantitative estimate of drug-likeness (QED) is 0.176. The van der Waals surface area contributed by atoms with Crippen LogP contribution in [0.5, 0.6) is 5.75 Å². The van der Waals surface area contributed by atoms with Crippen LogP contribution in [-0.2, 0) is 4.79 Å². The average Bonchev–Trinajstić information content (AvgIpc) is 3.32. The van der Waals surface area contributed by atoms with Crippen LogP contribution in [0.4, 0.5) is 0 Å². The van der Waals surface area contributed by atoms with Crippen molar-refractivity contribution in [3.8, 4) is 22.8 Å². The van der Waals surface area contributed by atoms with Gasteiger partial charge >= 0.3 is 0 Å². The Kier molecular flexibility index (Phi) is 8.07. The summed E-state index contributed by atoms with van der Waals surface area (Å²) >= 11 is 13.3. The van der Waals surface area contributed by atoms with Crippen LogP contribution >= 0.6 is 35.0 Å². The number of halogens is 2. The van der Waals surface area contributed by atoms with Crippen LogP contribution in [0.1, 0.15) is 12.5 Å². The zero-order valence-corrected chi connectivity index (χ0v) is 21.2. The summed E-state index contributed by atoms with van der Waals surface area (Å²) in [5, 5.41) is 14.4. The van der Waals surface area contributed by atoms with E-state index in [1.165, 1.54) is 11.8 Å². The van der Waals surface area contributed by atoms with Crippen molar-refractivity contribution in [3.63, 3.8) is 0 Å². The summed E-state index contributed by atoms with van der Waals surface area (Å²) in [4.78, 5) is 12.5. The number of hydrogen-bond acceptors (Lipinski definition) is 6. The molecule has 178 valence electrons. The molecule has 35 heavy (non-hydrogen) atoms. The number of carbonyl (C=O) groups excluding carboxylic acids is 1. The molecule has 0 fully saturated rings. The Morgan fingerprint density at radius 3 is 2.46 bits per heavy atom. The van der Waals surface area contributed by atoms with Crippen molar-refractivity contribution in [2.45, 2.75) is 12.1 Å². The first-order valence-corrected chi connectivity index (χ1v) is 12.3. The fourth-order valence-corrected chi connectivity index (χ4v) is 4.24. The molecule has 4 rings (SSSR count). The topological polar surface area (TPSA) is 81.4 Å². The van der Waals surface area contributed by atoms with Gasteiger partial charge in [-0.1, -0.05) is 71.4 Å². The van der Waals surface area contributed by atoms with Gasteiger partial charge in [-0.25, -0.2) is 5.43 Å². The fraction of sp³-hybridized carbons (Fsp3) is 0.120. The standard InChI is InChI=1S/C25H21Cl2N5O2S/c1-16(18-8-13-21(26)22(27)14-18)28-29-23(33)15-35-25-31-30-24(17-6-4-3-5-7-17)32(25)19-9-11-20(34-2)12-10-19/h3-14H,15H2,1-2H3,(H,29,33)/b28-16+. The number of ether oxygens (including phenoxy) is 1. The maximum Gasteiger partial charge on any atom is 0.250 e. The van der Waals surface area contributed by atoms with Crippen LogP contribution in [0.2, 0.25) is 10.0 Å². The molecule has 0 aliphatic rings. The monoisotopic (exact) mass is 525 g/mol. The number of nitrogens with one attached hydrogen (secondary N) is 1. The van der Waals surface area contributed by atoms with E-state index < -0.39 is 0 Å². The number of carbonyl (C=O) groups is 1. The molecule has 0 bridgehead atoms. The minimum absolute atomic E-state index is 0.0984. The van der Waals surface area contributed by atoms with Gasteiger partial charge < -0.3 is 4.74 Å². The largest absolute Gasteiger partial charge is 0.497 e. The molecule has 0 aliphatic carbocycles. The van der Waals surface area contributed by atoms with Crippen molar-refractivity contribution in [1.82, 2.24) is 20.2 Å². The summed E-state index contributed by atoms with van der Waals surface area (Å²) in [6.07, 6.45) is 0. The molecule has 4 aromatic rings. The van der Waals surface area contributed by atoms with E-state index >= 15 is 0 Å². The molecule has 0 spiro atoms. The summed E-state index contributed by atoms with van der Waals surface area (Å²) < 4.78 is 7.19. The van der Waals surface area contributed by atoms with Gasteiger partial charge in [0, 0.05) is 11.3 Å². The molecular weight excluding hydrogens is 505 g/mol. The summed E-state index contributed by atoms with van der Waals surface area (Å²) in [5.41, 5.74) is 5.71. The van der Waals surface area contributed by atoms with Crippen molar-refractivity contribution in [2.75, 3.05) is 12.9 Å². The van der Waals surface area contributed by atoms with Gasteiger partial charge in [-0.2, -0.15) is 5.10 Å². The van der Waals surface area contributed by atoms with Gasteiger partial charge in [0.2, 0.25) is 0 Å². The Morgan fingerprint density at radius 1 is 1.03 bits per heavy atom. The molecule has 0 saturated carbocycles. The van der Waals surface area contributed by atoms with Crippen molar-refractivity contribution in [3.05, 3.63) is 88.4 Å². The maximum atomic E-state index is 12.5. The van der Waals surface area contributed by atoms with Gasteiger partial charge in [-0.15, -0.1) is 10.2 Å². The molecule has 0 saturated heterocycles. The van der Waals surface area contributed by atoms with Crippen LogP contribution in [-0.4, -0.2) is 39.2 Å². The number of aromatic nitrogens is 3. The lowest BCUT2D eigenvalue weighted by Crippen LogP contribution is -2.21. The summed E-state index contributed by atoms with van der Waals surface area (Å²) in [5.74, 6) is 1.24. The Morgan fingerprint density at radius 2 is 1.77 bits per heavy atom. The zero-order chi connectivity index (χ0) is 24.8. The van der Waals surface area contributed by atoms with E-state index in [1.807, 2.05) is 59.2 Å². The Labute approximate surface area is 217 Å². The van der Waals surface area contributed by atoms with E-state index in [0.29, 0.717) is 26.7 Å². The van der Waals surface area contributed by atoms with E-state index in [-0.39, 0.29) is 11.7 Å². The fourth-order valence-electron chi connectivity index (χ4n) is 3.20. The number of benzene rings is 3. The molecule has 0 atom stereocenters. The normalized spacial score (nSPS) is 11.4. The summed E-state index contributed by atoms with van der Waals surface area (Å²) in [7, 11) is 1.62. The van der Waals surface area contributed by atoms with Crippen molar-refractivity contribution in [2.24, 2.45) is 5.10 Å². The van der Waals surface area contributed by atoms with Crippen molar-refractivity contribution < 1.29 is 9.53 Å². The summed E-state index contributed by atoms with van der Waals surface area (Å²) in [6, 6.07) is 22.5. The SMILES string of the molecule is COc1ccc(-n2c(SCC(=O)N/N=C(\C)c3ccc(Cl)c(Cl)c3)nnc2-c2ccccc2)cc1. The van der Waals surface area contributed by atoms with Crippen LogP contribution < -0.4 is 10.2 Å². The Bertz CT molecular complexity index is 1360. The highest BCUT2D eigenvalue weighted by atomic mass is 35.5. The number of nitrogens with zero attached hydrogens (tertiary/aromatic N) is 4. The highest BCUT2D eigenvalue weighted by molar-refractivity contribution is 7.99. The Balaban J connectivity index is 1.52. The second kappa shape index (κ2) is 11.4. The second-order valence-electron chi connectivity index (χ2n) is 7.36. The predicted molar refractivity (Wildman–Crippen MR) is 141 cm³/mol. The lowest BCUT2D eigenvalue weighted by molar-refractivity contribution is -0.118. The minimum Gasteiger partial charge on any atom is -0.497 e. The van der Waals surface area contributed by atoms with E-state index in [9.17, 15) is 4.79 Å². The van der Waals surface area contributed by atoms with Crippen LogP contribution in [0.25, 0.3) is 17.1 Å². The van der Waals surface area contributed by atoms with Gasteiger partial charge in [0.15, 0.2) is 11.0 Å². The Hall–Kier alpha value is -3.33. The van der Waals surface area contributed by atoms with Gasteiger partial charge in [-0.05, 0) is 48.9 Å². The van der Waals surface area contributed by atoms with Crippen molar-refractivity contribution >= 4 is 46.6 Å². The third kappa shape index (κ3) is 6.03. The summed E-state index contributed by atoms with van der Waals surface area (Å²) in [6.45, 7) is 1.78. The van der Waals surface area contributed by atoms with E-state index in [1.54, 1.807) is 32.2 Å². The third-order valence-electron chi connectivity index (χ3n) is 5.01. The first-order chi connectivity index (χ1) is 17.0. The number of rotatable bonds is 8. The van der Waals surface area contributed by atoms with E-state index in [4.69, 9.17) is 27.9 Å². The van der Waals surface area contributed by atoms with Crippen LogP contribution in [0, 0.1) is 0 Å². The van der Waals surface area contributed by atoms with Crippen LogP contribution in [0.3, 0.4) is 0 Å². The molecule has 3 aromatic carbocycles. The molecule has 7 nitrogen and oxygen atoms in total. The molecule has 1 amide bonds. The highest BCUT2D eigenvalue weighted by Crippen LogP contribution is 2.29. The molecule has 1 N–H and O–H groups in total. The van der Waals surface area contributed by atoms with E-state index in [0.717, 1.165) is 22.6 Å². The molecule has 10 heteroatoms. The number of thioether (sulfide) groups is 1. The highest BCUT2D eigenvalue weighted by Gasteiger charge is 2.17.